The van der Waals surface area contributed by atoms with E-state index in [4.69, 9.17) is 4.98 Å². The molecular weight excluding hydrogens is 292 g/mol. The average molecular weight is 308 g/mol. The van der Waals surface area contributed by atoms with Crippen LogP contribution in [0.4, 0.5) is 0 Å². The third-order valence-corrected chi connectivity index (χ3v) is 4.77. The van der Waals surface area contributed by atoms with Crippen molar-refractivity contribution in [1.29, 1.82) is 0 Å². The van der Waals surface area contributed by atoms with Crippen LogP contribution in [0.15, 0.2) is 48.2 Å². The third kappa shape index (κ3) is 2.77. The van der Waals surface area contributed by atoms with Gasteiger partial charge in [0, 0.05) is 48.7 Å². The zero-order valence-electron chi connectivity index (χ0n) is 12.1. The molecule has 4 heterocycles. The van der Waals surface area contributed by atoms with Gasteiger partial charge in [-0.05, 0) is 35.6 Å². The maximum absolute atomic E-state index is 4.77. The molecule has 0 unspecified atom stereocenters. The van der Waals surface area contributed by atoms with Crippen molar-refractivity contribution < 1.29 is 0 Å². The van der Waals surface area contributed by atoms with E-state index < -0.39 is 0 Å². The van der Waals surface area contributed by atoms with Gasteiger partial charge in [-0.25, -0.2) is 9.97 Å². The summed E-state index contributed by atoms with van der Waals surface area (Å²) < 4.78 is 0. The highest BCUT2D eigenvalue weighted by molar-refractivity contribution is 7.09. The number of fused-ring (bicyclic) bond motifs is 1. The number of thiophene rings is 1. The summed E-state index contributed by atoms with van der Waals surface area (Å²) in [6.45, 7) is 2.97. The summed E-state index contributed by atoms with van der Waals surface area (Å²) in [4.78, 5) is 17.3. The number of pyridine rings is 1. The van der Waals surface area contributed by atoms with Crippen LogP contribution in [-0.2, 0) is 19.5 Å². The van der Waals surface area contributed by atoms with Gasteiger partial charge >= 0.3 is 0 Å². The quantitative estimate of drug-likeness (QED) is 0.745. The van der Waals surface area contributed by atoms with Gasteiger partial charge < -0.3 is 0 Å². The molecule has 0 amide bonds. The van der Waals surface area contributed by atoms with Crippen LogP contribution in [0.3, 0.4) is 0 Å². The molecule has 0 aliphatic carbocycles. The van der Waals surface area contributed by atoms with Gasteiger partial charge in [0.25, 0.3) is 0 Å². The maximum atomic E-state index is 4.77. The summed E-state index contributed by atoms with van der Waals surface area (Å²) in [7, 11) is 0. The third-order valence-electron chi connectivity index (χ3n) is 3.90. The van der Waals surface area contributed by atoms with Crippen LogP contribution >= 0.6 is 11.3 Å². The molecule has 0 fully saturated rings. The molecule has 1 aliphatic rings. The molecule has 110 valence electrons. The molecule has 0 bridgehead atoms. The summed E-state index contributed by atoms with van der Waals surface area (Å²) in [6, 6.07) is 8.23. The first-order valence-electron chi connectivity index (χ1n) is 7.38. The summed E-state index contributed by atoms with van der Waals surface area (Å²) in [5, 5.41) is 2.13. The summed E-state index contributed by atoms with van der Waals surface area (Å²) in [6.07, 6.45) is 6.58. The minimum Gasteiger partial charge on any atom is -0.292 e. The van der Waals surface area contributed by atoms with Crippen molar-refractivity contribution in [1.82, 2.24) is 19.9 Å². The molecule has 0 saturated heterocycles. The van der Waals surface area contributed by atoms with E-state index in [0.717, 1.165) is 43.1 Å². The normalized spacial score (nSPS) is 14.7. The fourth-order valence-electron chi connectivity index (χ4n) is 2.75. The average Bonchev–Trinajstić information content (AvgIpc) is 3.08. The Morgan fingerprint density at radius 2 is 2.18 bits per heavy atom. The smallest absolute Gasteiger partial charge is 0.160 e. The Bertz CT molecular complexity index is 756. The topological polar surface area (TPSA) is 41.9 Å². The predicted octanol–water partition coefficient (Wildman–Crippen LogP) is 3.16. The molecule has 0 radical (unpaired) electrons. The molecule has 3 aromatic heterocycles. The highest BCUT2D eigenvalue weighted by Crippen LogP contribution is 2.22. The highest BCUT2D eigenvalue weighted by atomic mass is 32.1. The van der Waals surface area contributed by atoms with E-state index in [9.17, 15) is 0 Å². The van der Waals surface area contributed by atoms with Crippen LogP contribution in [0.5, 0.6) is 0 Å². The van der Waals surface area contributed by atoms with Crippen LogP contribution in [-0.4, -0.2) is 26.4 Å². The van der Waals surface area contributed by atoms with E-state index in [1.165, 1.54) is 10.4 Å². The van der Waals surface area contributed by atoms with Crippen molar-refractivity contribution in [3.63, 3.8) is 0 Å². The number of rotatable bonds is 3. The Kier molecular flexibility index (Phi) is 3.66. The van der Waals surface area contributed by atoms with Gasteiger partial charge in [0.15, 0.2) is 5.82 Å². The van der Waals surface area contributed by atoms with Gasteiger partial charge in [0.05, 0.1) is 5.69 Å². The van der Waals surface area contributed by atoms with Crippen LogP contribution in [0.1, 0.15) is 16.1 Å². The number of aromatic nitrogens is 3. The van der Waals surface area contributed by atoms with E-state index in [2.05, 4.69) is 32.4 Å². The fraction of sp³-hybridized carbons (Fsp3) is 0.235. The Morgan fingerprint density at radius 1 is 1.18 bits per heavy atom. The second-order valence-corrected chi connectivity index (χ2v) is 6.48. The molecule has 0 saturated carbocycles. The molecular formula is C17H16N4S. The number of hydrogen-bond acceptors (Lipinski definition) is 5. The van der Waals surface area contributed by atoms with Crippen LogP contribution < -0.4 is 0 Å². The molecule has 5 heteroatoms. The maximum Gasteiger partial charge on any atom is 0.160 e. The first-order chi connectivity index (χ1) is 10.9. The minimum atomic E-state index is 0.768. The molecule has 4 rings (SSSR count). The first kappa shape index (κ1) is 13.5. The van der Waals surface area contributed by atoms with Gasteiger partial charge in [-0.3, -0.25) is 9.88 Å². The number of hydrogen-bond donors (Lipinski definition) is 0. The molecule has 0 atom stereocenters. The highest BCUT2D eigenvalue weighted by Gasteiger charge is 2.19. The van der Waals surface area contributed by atoms with Crippen LogP contribution in [0.2, 0.25) is 0 Å². The Balaban J connectivity index is 1.58. The second-order valence-electron chi connectivity index (χ2n) is 5.45. The van der Waals surface area contributed by atoms with Gasteiger partial charge in [-0.2, -0.15) is 0 Å². The Morgan fingerprint density at radius 3 is 3.00 bits per heavy atom. The summed E-state index contributed by atoms with van der Waals surface area (Å²) >= 11 is 1.82. The van der Waals surface area contributed by atoms with Crippen molar-refractivity contribution in [2.24, 2.45) is 0 Å². The summed E-state index contributed by atoms with van der Waals surface area (Å²) in [5.41, 5.74) is 3.40. The summed E-state index contributed by atoms with van der Waals surface area (Å²) in [5.74, 6) is 0.768. The fourth-order valence-corrected chi connectivity index (χ4v) is 3.50. The van der Waals surface area contributed by atoms with Crippen molar-refractivity contribution in [3.05, 3.63) is 64.4 Å². The van der Waals surface area contributed by atoms with E-state index in [0.29, 0.717) is 0 Å². The van der Waals surface area contributed by atoms with Crippen molar-refractivity contribution in [2.45, 2.75) is 19.5 Å². The minimum absolute atomic E-state index is 0.768. The zero-order valence-corrected chi connectivity index (χ0v) is 13.0. The van der Waals surface area contributed by atoms with E-state index in [1.54, 1.807) is 6.20 Å². The van der Waals surface area contributed by atoms with Crippen molar-refractivity contribution >= 4 is 11.3 Å². The lowest BCUT2D eigenvalue weighted by atomic mass is 10.1. The standard InChI is InChI=1S/C17H16N4S/c1-3-14(9-18-6-1)17-19-10-13-5-7-21(12-16(13)20-17)11-15-4-2-8-22-15/h1-4,6,8-10H,5,7,11-12H2. The monoisotopic (exact) mass is 308 g/mol. The van der Waals surface area contributed by atoms with E-state index >= 15 is 0 Å². The lowest BCUT2D eigenvalue weighted by molar-refractivity contribution is 0.243. The van der Waals surface area contributed by atoms with Crippen LogP contribution in [0.25, 0.3) is 11.4 Å². The molecule has 3 aromatic rings. The molecule has 22 heavy (non-hydrogen) atoms. The largest absolute Gasteiger partial charge is 0.292 e. The first-order valence-corrected chi connectivity index (χ1v) is 8.26. The Labute approximate surface area is 133 Å². The van der Waals surface area contributed by atoms with E-state index in [-0.39, 0.29) is 0 Å². The van der Waals surface area contributed by atoms with Gasteiger partial charge in [0.2, 0.25) is 0 Å². The van der Waals surface area contributed by atoms with Crippen molar-refractivity contribution in [3.8, 4) is 11.4 Å². The number of nitrogens with zero attached hydrogens (tertiary/aromatic N) is 4. The molecule has 0 aromatic carbocycles. The zero-order chi connectivity index (χ0) is 14.8. The van der Waals surface area contributed by atoms with Gasteiger partial charge in [-0.15, -0.1) is 11.3 Å². The van der Waals surface area contributed by atoms with Crippen LogP contribution in [0, 0.1) is 0 Å². The van der Waals surface area contributed by atoms with Gasteiger partial charge in [-0.1, -0.05) is 6.07 Å². The molecule has 1 aliphatic heterocycles. The van der Waals surface area contributed by atoms with Crippen molar-refractivity contribution in [2.75, 3.05) is 6.54 Å². The SMILES string of the molecule is c1cncc(-c2ncc3c(n2)CN(Cc2cccs2)CC3)c1. The second kappa shape index (κ2) is 5.94. The molecule has 0 spiro atoms. The lowest BCUT2D eigenvalue weighted by Crippen LogP contribution is -2.30. The molecule has 0 N–H and O–H groups in total. The predicted molar refractivity (Wildman–Crippen MR) is 87.4 cm³/mol. The Hall–Kier alpha value is -2.11. The van der Waals surface area contributed by atoms with E-state index in [1.807, 2.05) is 35.9 Å². The van der Waals surface area contributed by atoms with Gasteiger partial charge in [0.1, 0.15) is 0 Å². The lowest BCUT2D eigenvalue weighted by Gasteiger charge is -2.27. The molecule has 4 nitrogen and oxygen atoms in total.